The highest BCUT2D eigenvalue weighted by atomic mass is 15.2. The van der Waals surface area contributed by atoms with E-state index in [4.69, 9.17) is 14.1 Å². The first-order chi connectivity index (χ1) is 26.2. The lowest BCUT2D eigenvalue weighted by Crippen LogP contribution is -2.30. The molecule has 1 aliphatic heterocycles. The Hall–Kier alpha value is -6.46. The Labute approximate surface area is 300 Å². The van der Waals surface area contributed by atoms with Gasteiger partial charge in [-0.3, -0.25) is 9.47 Å². The predicted octanol–water partition coefficient (Wildman–Crippen LogP) is 11.8. The maximum Gasteiger partial charge on any atom is 0.147 e. The van der Waals surface area contributed by atoms with Gasteiger partial charge < -0.3 is 4.98 Å². The van der Waals surface area contributed by atoms with E-state index in [-0.39, 0.29) is 5.41 Å². The number of anilines is 3. The summed E-state index contributed by atoms with van der Waals surface area (Å²) in [5.41, 5.74) is 12.4. The Balaban J connectivity index is 1.21. The molecule has 0 amide bonds. The summed E-state index contributed by atoms with van der Waals surface area (Å²) in [6.45, 7) is 2.39. The lowest BCUT2D eigenvalue weighted by atomic mass is 9.73. The molecule has 10 rings (SSSR count). The van der Waals surface area contributed by atoms with Crippen LogP contribution in [-0.2, 0) is 5.41 Å². The minimum absolute atomic E-state index is 0.230. The topological polar surface area (TPSA) is 49.7 Å². The molecular formula is C46H35N5. The lowest BCUT2D eigenvalue weighted by Gasteiger charge is -2.41. The van der Waals surface area contributed by atoms with Crippen molar-refractivity contribution in [3.8, 4) is 28.2 Å². The summed E-state index contributed by atoms with van der Waals surface area (Å²) in [6, 6.07) is 49.7. The second-order valence-corrected chi connectivity index (χ2v) is 13.8. The van der Waals surface area contributed by atoms with E-state index in [1.165, 1.54) is 11.1 Å². The molecule has 0 bridgehead atoms. The summed E-state index contributed by atoms with van der Waals surface area (Å²) >= 11 is 0. The van der Waals surface area contributed by atoms with Gasteiger partial charge in [0.1, 0.15) is 11.6 Å². The highest BCUT2D eigenvalue weighted by molar-refractivity contribution is 6.12. The molecule has 0 atom stereocenters. The van der Waals surface area contributed by atoms with Gasteiger partial charge in [-0.05, 0) is 84.2 Å². The monoisotopic (exact) mass is 660 g/mol. The van der Waals surface area contributed by atoms with Crippen LogP contribution in [-0.4, -0.2) is 19.5 Å². The van der Waals surface area contributed by atoms with Crippen LogP contribution in [0.2, 0.25) is 0 Å². The van der Waals surface area contributed by atoms with Gasteiger partial charge in [0.25, 0.3) is 0 Å². The molecule has 6 aromatic carbocycles. The molecule has 3 aromatic heterocycles. The molecule has 1 aliphatic rings. The number of hydrogen-bond acceptors (Lipinski definition) is 3. The summed E-state index contributed by atoms with van der Waals surface area (Å²) in [6.07, 6.45) is 1.85. The van der Waals surface area contributed by atoms with Gasteiger partial charge >= 0.3 is 0 Å². The fraction of sp³-hybridized carbons (Fsp3) is 0.0870. The lowest BCUT2D eigenvalue weighted by molar-refractivity contribution is 0.631. The third kappa shape index (κ3) is 4.41. The first-order valence-corrected chi connectivity index (χ1v) is 17.3. The second-order valence-electron chi connectivity index (χ2n) is 13.8. The minimum Gasteiger partial charge on any atom is -0.354 e. The van der Waals surface area contributed by atoms with Crippen LogP contribution in [0.3, 0.4) is 0 Å². The summed E-state index contributed by atoms with van der Waals surface area (Å²) in [4.78, 5) is 16.2. The zero-order valence-corrected chi connectivity index (χ0v) is 28.2. The molecule has 5 nitrogen and oxygen atoms in total. The number of benzene rings is 6. The van der Waals surface area contributed by atoms with Crippen LogP contribution < -0.4 is 4.90 Å². The average molecular weight is 661 g/mol. The predicted molar refractivity (Wildman–Crippen MR) is 211 cm³/mol. The standard InChI is InChI=1S/C46H35N5/c1-29-22-25-38-35(27-29)33-16-11-17-34(43(33)48-38)45-49-44-32(15-12-20-40(44)50(45)31-13-5-4-6-14-31)30-23-24-37-41(28-30)51(42-21-9-10-26-47-42)39-19-8-7-18-36(39)46(37,2)3/h4-28,48H,1-3H3/i1D3. The van der Waals surface area contributed by atoms with E-state index >= 15 is 0 Å². The molecule has 0 spiro atoms. The van der Waals surface area contributed by atoms with Crippen molar-refractivity contribution < 1.29 is 4.11 Å². The molecule has 244 valence electrons. The number of rotatable bonds is 4. The van der Waals surface area contributed by atoms with Gasteiger partial charge in [0.2, 0.25) is 0 Å². The second kappa shape index (κ2) is 11.0. The number of pyridine rings is 1. The van der Waals surface area contributed by atoms with E-state index in [0.717, 1.165) is 78.2 Å². The van der Waals surface area contributed by atoms with Crippen LogP contribution in [0.15, 0.2) is 152 Å². The molecular weight excluding hydrogens is 623 g/mol. The van der Waals surface area contributed by atoms with Crippen molar-refractivity contribution in [2.45, 2.75) is 26.1 Å². The normalized spacial score (nSPS) is 14.6. The fourth-order valence-electron chi connectivity index (χ4n) is 8.08. The van der Waals surface area contributed by atoms with E-state index in [0.29, 0.717) is 5.56 Å². The largest absolute Gasteiger partial charge is 0.354 e. The Morgan fingerprint density at radius 1 is 0.667 bits per heavy atom. The molecule has 51 heavy (non-hydrogen) atoms. The van der Waals surface area contributed by atoms with Crippen molar-refractivity contribution in [2.75, 3.05) is 4.90 Å². The SMILES string of the molecule is [2H]C([2H])([2H])c1ccc2[nH]c3c(-c4nc5c(-c6ccc7c(c6)N(c6ccccn6)c6ccccc6C7(C)C)cccc5n4-c4ccccc4)cccc3c2c1. The van der Waals surface area contributed by atoms with Crippen molar-refractivity contribution >= 4 is 50.0 Å². The zero-order valence-electron chi connectivity index (χ0n) is 31.2. The average Bonchev–Trinajstić information content (AvgIpc) is 3.77. The fourth-order valence-corrected chi connectivity index (χ4v) is 8.08. The molecule has 4 heterocycles. The Morgan fingerprint density at radius 2 is 1.47 bits per heavy atom. The van der Waals surface area contributed by atoms with Crippen LogP contribution in [0.1, 0.15) is 34.7 Å². The van der Waals surface area contributed by atoms with Gasteiger partial charge in [0.15, 0.2) is 0 Å². The van der Waals surface area contributed by atoms with Crippen LogP contribution in [0.4, 0.5) is 17.2 Å². The minimum atomic E-state index is -2.20. The summed E-state index contributed by atoms with van der Waals surface area (Å²) < 4.78 is 26.3. The van der Waals surface area contributed by atoms with E-state index in [9.17, 15) is 0 Å². The quantitative estimate of drug-likeness (QED) is 0.204. The van der Waals surface area contributed by atoms with Crippen molar-refractivity contribution in [1.29, 1.82) is 0 Å². The number of nitrogens with zero attached hydrogens (tertiary/aromatic N) is 4. The van der Waals surface area contributed by atoms with Crippen LogP contribution in [0, 0.1) is 6.85 Å². The molecule has 9 aromatic rings. The van der Waals surface area contributed by atoms with Crippen molar-refractivity contribution in [3.63, 3.8) is 0 Å². The first kappa shape index (κ1) is 26.4. The Morgan fingerprint density at radius 3 is 2.33 bits per heavy atom. The number of aromatic amines is 1. The van der Waals surface area contributed by atoms with Crippen LogP contribution >= 0.6 is 0 Å². The molecule has 0 aliphatic carbocycles. The smallest absolute Gasteiger partial charge is 0.147 e. The van der Waals surface area contributed by atoms with E-state index < -0.39 is 6.85 Å². The zero-order chi connectivity index (χ0) is 36.8. The molecule has 0 fully saturated rings. The summed E-state index contributed by atoms with van der Waals surface area (Å²) in [5, 5.41) is 1.83. The van der Waals surface area contributed by atoms with Crippen LogP contribution in [0.5, 0.6) is 0 Å². The third-order valence-electron chi connectivity index (χ3n) is 10.5. The van der Waals surface area contributed by atoms with Crippen molar-refractivity contribution in [2.24, 2.45) is 0 Å². The van der Waals surface area contributed by atoms with E-state index in [1.807, 2.05) is 54.7 Å². The number of nitrogens with one attached hydrogen (secondary N) is 1. The van der Waals surface area contributed by atoms with Gasteiger partial charge in [-0.1, -0.05) is 104 Å². The summed E-state index contributed by atoms with van der Waals surface area (Å²) in [7, 11) is 0. The number of aryl methyl sites for hydroxylation is 1. The number of fused-ring (bicyclic) bond motifs is 6. The van der Waals surface area contributed by atoms with Crippen LogP contribution in [0.25, 0.3) is 61.0 Å². The highest BCUT2D eigenvalue weighted by Gasteiger charge is 2.37. The molecule has 0 saturated carbocycles. The molecule has 5 heteroatoms. The van der Waals surface area contributed by atoms with E-state index in [1.54, 1.807) is 12.1 Å². The highest BCUT2D eigenvalue weighted by Crippen LogP contribution is 2.52. The van der Waals surface area contributed by atoms with Gasteiger partial charge in [0.05, 0.1) is 27.9 Å². The van der Waals surface area contributed by atoms with Gasteiger partial charge in [-0.15, -0.1) is 0 Å². The molecule has 1 N–H and O–H groups in total. The maximum atomic E-state index is 8.02. The number of para-hydroxylation sites is 4. The Bertz CT molecular complexity index is 2910. The van der Waals surface area contributed by atoms with Gasteiger partial charge in [0, 0.05) is 48.8 Å². The molecule has 0 saturated heterocycles. The first-order valence-electron chi connectivity index (χ1n) is 18.8. The molecule has 0 radical (unpaired) electrons. The summed E-state index contributed by atoms with van der Waals surface area (Å²) in [5.74, 6) is 1.66. The number of hydrogen-bond donors (Lipinski definition) is 1. The third-order valence-corrected chi connectivity index (χ3v) is 10.5. The Kier molecular flexibility index (Phi) is 5.71. The number of imidazole rings is 1. The number of H-pyrrole nitrogens is 1. The van der Waals surface area contributed by atoms with Gasteiger partial charge in [-0.2, -0.15) is 0 Å². The number of aromatic nitrogens is 4. The van der Waals surface area contributed by atoms with Crippen molar-refractivity contribution in [3.05, 3.63) is 168 Å². The van der Waals surface area contributed by atoms with Crippen molar-refractivity contribution in [1.82, 2.24) is 19.5 Å². The van der Waals surface area contributed by atoms with E-state index in [2.05, 4.69) is 113 Å². The van der Waals surface area contributed by atoms with Gasteiger partial charge in [-0.25, -0.2) is 9.97 Å². The maximum absolute atomic E-state index is 8.02. The molecule has 0 unspecified atom stereocenters.